The highest BCUT2D eigenvalue weighted by molar-refractivity contribution is 5.96. The lowest BCUT2D eigenvalue weighted by atomic mass is 10.0. The van der Waals surface area contributed by atoms with Crippen molar-refractivity contribution in [2.45, 2.75) is 253 Å². The second-order valence-corrected chi connectivity index (χ2v) is 24.5. The van der Waals surface area contributed by atoms with E-state index in [1.165, 1.54) is 161 Å². The first kappa shape index (κ1) is 69.8. The second-order valence-electron chi connectivity index (χ2n) is 24.5. The number of fused-ring (bicyclic) bond motifs is 2. The summed E-state index contributed by atoms with van der Waals surface area (Å²) >= 11 is 0. The Morgan fingerprint density at radius 1 is 0.326 bits per heavy atom. The lowest BCUT2D eigenvalue weighted by molar-refractivity contribution is 0.0735. The number of hydrogen-bond acceptors (Lipinski definition) is 11. The Morgan fingerprint density at radius 2 is 0.697 bits per heavy atom. The lowest BCUT2D eigenvalue weighted by Gasteiger charge is -2.17. The maximum atomic E-state index is 14.1. The van der Waals surface area contributed by atoms with Gasteiger partial charge in [0.05, 0.1) is 61.0 Å². The fourth-order valence-electron chi connectivity index (χ4n) is 11.3. The number of esters is 1. The van der Waals surface area contributed by atoms with Gasteiger partial charge in [0.1, 0.15) is 17.0 Å². The van der Waals surface area contributed by atoms with Crippen molar-refractivity contribution in [1.29, 1.82) is 0 Å². The van der Waals surface area contributed by atoms with Crippen molar-refractivity contribution in [2.75, 3.05) is 33.0 Å². The van der Waals surface area contributed by atoms with E-state index in [1.807, 2.05) is 48.5 Å². The molecule has 0 saturated carbocycles. The molecule has 0 atom stereocenters. The largest absolute Gasteiger partial charge is 0.493 e. The van der Waals surface area contributed by atoms with Crippen LogP contribution in [0, 0.1) is 0 Å². The summed E-state index contributed by atoms with van der Waals surface area (Å²) in [6.07, 6.45) is 41.1. The van der Waals surface area contributed by atoms with E-state index in [9.17, 15) is 4.79 Å². The topological polar surface area (TPSA) is 124 Å². The van der Waals surface area contributed by atoms with E-state index in [1.54, 1.807) is 24.3 Å². The summed E-state index contributed by atoms with van der Waals surface area (Å²) in [7, 11) is 0. The Kier molecular flexibility index (Phi) is 32.7. The summed E-state index contributed by atoms with van der Waals surface area (Å²) in [5, 5.41) is 0. The summed E-state index contributed by atoms with van der Waals surface area (Å²) in [5.74, 6) is 3.97. The molecule has 0 spiro atoms. The molecule has 5 aromatic carbocycles. The van der Waals surface area contributed by atoms with Crippen LogP contribution >= 0.6 is 0 Å². The zero-order valence-electron chi connectivity index (χ0n) is 55.4. The molecule has 89 heavy (non-hydrogen) atoms. The molecule has 0 bridgehead atoms. The van der Waals surface area contributed by atoms with E-state index in [0.29, 0.717) is 89.7 Å². The quantitative estimate of drug-likeness (QED) is 0.0206. The van der Waals surface area contributed by atoms with Gasteiger partial charge < -0.3 is 32.8 Å². The van der Waals surface area contributed by atoms with Crippen LogP contribution in [0.4, 0.5) is 0 Å². The van der Waals surface area contributed by atoms with E-state index in [0.717, 1.165) is 97.2 Å². The molecule has 0 aliphatic carbocycles. The van der Waals surface area contributed by atoms with Gasteiger partial charge >= 0.3 is 5.97 Å². The van der Waals surface area contributed by atoms with Gasteiger partial charge in [0.15, 0.2) is 28.6 Å². The van der Waals surface area contributed by atoms with Crippen LogP contribution in [0.5, 0.6) is 34.5 Å². The summed E-state index contributed by atoms with van der Waals surface area (Å²) < 4.78 is 44.7. The average molecular weight is 1220 g/mol. The van der Waals surface area contributed by atoms with Crippen LogP contribution in [0.1, 0.15) is 263 Å². The fourth-order valence-corrected chi connectivity index (χ4v) is 11.3. The standard InChI is InChI=1S/C78H109N3O8/c1-6-11-16-21-26-27-28-29-34-35-52-83-66-47-49-68-72(60-66)89-77(81-68)61-40-45-65(46-41-61)88-78(82)64-42-48-67-69(57-64)80-76(63-44-51-71(85-54-37-31-23-18-13-8-3)74(59-63)87-56-39-33-25-20-15-10-5)75(79-67)62-43-50-70(84-53-36-30-22-17-12-7-2)73(58-62)86-55-38-32-24-19-14-9-4/h40-51,57-60H,6-39,52-56H2,1-5H3. The highest BCUT2D eigenvalue weighted by Gasteiger charge is 2.21. The molecular weight excluding hydrogens is 1110 g/mol. The van der Waals surface area contributed by atoms with E-state index in [4.69, 9.17) is 47.8 Å². The molecule has 7 rings (SSSR count). The van der Waals surface area contributed by atoms with Gasteiger partial charge in [-0.3, -0.25) is 0 Å². The Morgan fingerprint density at radius 3 is 1.15 bits per heavy atom. The van der Waals surface area contributed by atoms with Crippen molar-refractivity contribution in [1.82, 2.24) is 15.0 Å². The van der Waals surface area contributed by atoms with Crippen molar-refractivity contribution in [3.63, 3.8) is 0 Å². The smallest absolute Gasteiger partial charge is 0.343 e. The predicted molar refractivity (Wildman–Crippen MR) is 368 cm³/mol. The fraction of sp³-hybridized carbons (Fsp3) is 0.564. The van der Waals surface area contributed by atoms with Gasteiger partial charge in [-0.25, -0.2) is 19.7 Å². The number of benzene rings is 5. The molecule has 0 fully saturated rings. The molecule has 11 heteroatoms. The zero-order valence-corrected chi connectivity index (χ0v) is 55.4. The van der Waals surface area contributed by atoms with Crippen molar-refractivity contribution < 1.29 is 37.6 Å². The molecule has 0 radical (unpaired) electrons. The third-order valence-electron chi connectivity index (χ3n) is 16.8. The van der Waals surface area contributed by atoms with Gasteiger partial charge in [0.25, 0.3) is 0 Å². The van der Waals surface area contributed by atoms with Gasteiger partial charge in [-0.05, 0) is 123 Å². The number of hydrogen-bond donors (Lipinski definition) is 0. The molecule has 2 aromatic heterocycles. The monoisotopic (exact) mass is 1220 g/mol. The molecule has 484 valence electrons. The minimum absolute atomic E-state index is 0.346. The summed E-state index contributed by atoms with van der Waals surface area (Å²) in [5.41, 5.74) is 6.67. The lowest BCUT2D eigenvalue weighted by Crippen LogP contribution is -2.09. The van der Waals surface area contributed by atoms with E-state index >= 15 is 0 Å². The Balaban J connectivity index is 1.12. The number of unbranched alkanes of at least 4 members (excludes halogenated alkanes) is 29. The molecule has 11 nitrogen and oxygen atoms in total. The van der Waals surface area contributed by atoms with Crippen molar-refractivity contribution >= 4 is 28.1 Å². The van der Waals surface area contributed by atoms with E-state index < -0.39 is 5.97 Å². The van der Waals surface area contributed by atoms with Crippen molar-refractivity contribution in [3.8, 4) is 68.5 Å². The first-order valence-electron chi connectivity index (χ1n) is 35.4. The normalized spacial score (nSPS) is 11.4. The van der Waals surface area contributed by atoms with E-state index in [-0.39, 0.29) is 0 Å². The third-order valence-corrected chi connectivity index (χ3v) is 16.8. The van der Waals surface area contributed by atoms with Gasteiger partial charge in [-0.2, -0.15) is 0 Å². The highest BCUT2D eigenvalue weighted by Crippen LogP contribution is 2.40. The first-order chi connectivity index (χ1) is 43.9. The maximum Gasteiger partial charge on any atom is 0.343 e. The van der Waals surface area contributed by atoms with E-state index in [2.05, 4.69) is 58.9 Å². The average Bonchev–Trinajstić information content (AvgIpc) is 1.28. The molecule has 0 saturated heterocycles. The number of oxazole rings is 1. The maximum absolute atomic E-state index is 14.1. The first-order valence-corrected chi connectivity index (χ1v) is 35.4. The van der Waals surface area contributed by atoms with Crippen LogP contribution in [0.2, 0.25) is 0 Å². The van der Waals surface area contributed by atoms with Gasteiger partial charge in [-0.15, -0.1) is 0 Å². The minimum Gasteiger partial charge on any atom is -0.493 e. The Bertz CT molecular complexity index is 3080. The molecule has 0 amide bonds. The Hall–Kier alpha value is -6.62. The van der Waals surface area contributed by atoms with Gasteiger partial charge in [0.2, 0.25) is 5.89 Å². The van der Waals surface area contributed by atoms with Crippen LogP contribution in [-0.4, -0.2) is 54.0 Å². The van der Waals surface area contributed by atoms with Gasteiger partial charge in [0, 0.05) is 22.8 Å². The molecule has 2 heterocycles. The van der Waals surface area contributed by atoms with Crippen LogP contribution < -0.4 is 28.4 Å². The Labute approximate surface area is 535 Å². The summed E-state index contributed by atoms with van der Waals surface area (Å²) in [4.78, 5) is 29.6. The van der Waals surface area contributed by atoms with Gasteiger partial charge in [-0.1, -0.05) is 221 Å². The number of ether oxygens (including phenoxy) is 6. The minimum atomic E-state index is -0.514. The molecular formula is C78H109N3O8. The molecule has 0 N–H and O–H groups in total. The molecule has 7 aromatic rings. The third kappa shape index (κ3) is 24.6. The van der Waals surface area contributed by atoms with Crippen LogP contribution in [-0.2, 0) is 0 Å². The number of aromatic nitrogens is 3. The van der Waals surface area contributed by atoms with Crippen LogP contribution in [0.3, 0.4) is 0 Å². The van der Waals surface area contributed by atoms with Crippen LogP contribution in [0.25, 0.3) is 56.1 Å². The van der Waals surface area contributed by atoms with Crippen LogP contribution in [0.15, 0.2) is 101 Å². The zero-order chi connectivity index (χ0) is 62.4. The number of nitrogens with zero attached hydrogens (tertiary/aromatic N) is 3. The highest BCUT2D eigenvalue weighted by atomic mass is 16.5. The molecule has 0 aliphatic rings. The summed E-state index contributed by atoms with van der Waals surface area (Å²) in [6.45, 7) is 14.4. The number of carbonyl (C=O) groups excluding carboxylic acids is 1. The number of rotatable bonds is 49. The predicted octanol–water partition coefficient (Wildman–Crippen LogP) is 23.2. The SMILES string of the molecule is CCCCCCCCCCCCOc1ccc2nc(-c3ccc(OC(=O)c4ccc5nc(-c6ccc(OCCCCCCCC)c(OCCCCCCCC)c6)c(-c6ccc(OCCCCCCCC)c(OCCCCCCCC)c6)nc5c4)cc3)oc2c1. The van der Waals surface area contributed by atoms with Crippen molar-refractivity contribution in [3.05, 3.63) is 103 Å². The van der Waals surface area contributed by atoms with Crippen molar-refractivity contribution in [2.24, 2.45) is 0 Å². The molecule has 0 aliphatic heterocycles. The second kappa shape index (κ2) is 41.6. The summed E-state index contributed by atoms with van der Waals surface area (Å²) in [6, 6.07) is 30.7. The number of carbonyl (C=O) groups is 1. The molecule has 0 unspecified atom stereocenters.